The molecule has 0 fully saturated rings. The molecule has 0 atom stereocenters. The van der Waals surface area contributed by atoms with Gasteiger partial charge in [-0.1, -0.05) is 146 Å². The van der Waals surface area contributed by atoms with Crippen LogP contribution in [0.1, 0.15) is 71.2 Å². The Kier molecular flexibility index (Phi) is 6.79. The molecule has 8 rings (SSSR count). The average molecular weight is 565 g/mol. The van der Waals surface area contributed by atoms with E-state index in [9.17, 15) is 0 Å². The predicted octanol–water partition coefficient (Wildman–Crippen LogP) is 11.3. The average Bonchev–Trinajstić information content (AvgIpc) is 3.66. The molecule has 6 aromatic rings. The van der Waals surface area contributed by atoms with Crippen molar-refractivity contribution in [1.29, 1.82) is 0 Å². The number of hydrogen-bond donors (Lipinski definition) is 0. The Balaban J connectivity index is 1.21. The Morgan fingerprint density at radius 2 is 0.818 bits per heavy atom. The van der Waals surface area contributed by atoms with E-state index in [0.29, 0.717) is 0 Å². The second-order valence-electron chi connectivity index (χ2n) is 12.1. The van der Waals surface area contributed by atoms with E-state index in [0.717, 1.165) is 25.7 Å². The zero-order chi connectivity index (χ0) is 29.6. The van der Waals surface area contributed by atoms with Crippen molar-refractivity contribution in [1.82, 2.24) is 0 Å². The summed E-state index contributed by atoms with van der Waals surface area (Å²) in [6, 6.07) is 45.0. The molecule has 0 heteroatoms. The van der Waals surface area contributed by atoms with Crippen molar-refractivity contribution in [3.63, 3.8) is 0 Å². The summed E-state index contributed by atoms with van der Waals surface area (Å²) in [7, 11) is 0. The van der Waals surface area contributed by atoms with Crippen LogP contribution < -0.4 is 0 Å². The normalized spacial score (nSPS) is 14.1. The second kappa shape index (κ2) is 11.1. The van der Waals surface area contributed by atoms with E-state index in [1.165, 1.54) is 88.3 Å². The van der Waals surface area contributed by atoms with Gasteiger partial charge in [-0.3, -0.25) is 0 Å². The van der Waals surface area contributed by atoms with Crippen molar-refractivity contribution in [3.8, 4) is 0 Å². The fourth-order valence-corrected chi connectivity index (χ4v) is 7.68. The van der Waals surface area contributed by atoms with Crippen LogP contribution in [0.25, 0.3) is 32.7 Å². The summed E-state index contributed by atoms with van der Waals surface area (Å²) in [6.07, 6.45) is 8.91. The Morgan fingerprint density at radius 3 is 1.27 bits per heavy atom. The highest BCUT2D eigenvalue weighted by atomic mass is 14.3. The van der Waals surface area contributed by atoms with Gasteiger partial charge in [0.2, 0.25) is 0 Å². The van der Waals surface area contributed by atoms with Crippen LogP contribution in [0.4, 0.5) is 0 Å². The summed E-state index contributed by atoms with van der Waals surface area (Å²) in [5.41, 5.74) is 16.9. The maximum absolute atomic E-state index is 2.43. The first-order chi connectivity index (χ1) is 21.7. The molecule has 0 heterocycles. The second-order valence-corrected chi connectivity index (χ2v) is 12.1. The number of hydrogen-bond acceptors (Lipinski definition) is 0. The topological polar surface area (TPSA) is 0 Å². The molecule has 2 aliphatic carbocycles. The Morgan fingerprint density at radius 1 is 0.409 bits per heavy atom. The summed E-state index contributed by atoms with van der Waals surface area (Å²) in [5.74, 6) is 0. The molecule has 0 N–H and O–H groups in total. The van der Waals surface area contributed by atoms with Gasteiger partial charge in [-0.05, 0) is 103 Å². The van der Waals surface area contributed by atoms with Crippen LogP contribution in [0, 0.1) is 12.8 Å². The Hall–Kier alpha value is -4.68. The van der Waals surface area contributed by atoms with Gasteiger partial charge in [-0.15, -0.1) is 0 Å². The molecular weight excluding hydrogens is 528 g/mol. The predicted molar refractivity (Wildman–Crippen MR) is 188 cm³/mol. The third-order valence-corrected chi connectivity index (χ3v) is 9.71. The number of aryl methyl sites for hydroxylation is 2. The van der Waals surface area contributed by atoms with Gasteiger partial charge in [0.05, 0.1) is 0 Å². The minimum absolute atomic E-state index is 1.00. The first kappa shape index (κ1) is 26.9. The molecule has 0 aliphatic heterocycles. The SMILES string of the molecule is CCC1=C(c2cccc3ccccc23)c2c(cccc2CCc2cccc3c2C(c2cccc4ccccc24)=C(CC)[CH]3)[CH]1. The summed E-state index contributed by atoms with van der Waals surface area (Å²) < 4.78 is 0. The Labute approximate surface area is 261 Å². The zero-order valence-electron chi connectivity index (χ0n) is 25.5. The van der Waals surface area contributed by atoms with Crippen molar-refractivity contribution >= 4 is 32.7 Å². The summed E-state index contributed by atoms with van der Waals surface area (Å²) in [5, 5.41) is 5.27. The Bertz CT molecular complexity index is 1970. The maximum atomic E-state index is 2.43. The molecular formula is C44H36. The highest BCUT2D eigenvalue weighted by molar-refractivity contribution is 6.03. The summed E-state index contributed by atoms with van der Waals surface area (Å²) in [4.78, 5) is 0. The van der Waals surface area contributed by atoms with Gasteiger partial charge in [-0.25, -0.2) is 0 Å². The molecule has 0 nitrogen and oxygen atoms in total. The molecule has 0 spiro atoms. The van der Waals surface area contributed by atoms with E-state index < -0.39 is 0 Å². The highest BCUT2D eigenvalue weighted by Gasteiger charge is 2.28. The van der Waals surface area contributed by atoms with E-state index >= 15 is 0 Å². The molecule has 0 unspecified atom stereocenters. The van der Waals surface area contributed by atoms with Gasteiger partial charge in [-0.2, -0.15) is 0 Å². The van der Waals surface area contributed by atoms with Gasteiger partial charge < -0.3 is 0 Å². The first-order valence-corrected chi connectivity index (χ1v) is 16.1. The molecule has 0 aromatic heterocycles. The smallest absolute Gasteiger partial charge is 0.0170 e. The monoisotopic (exact) mass is 564 g/mol. The lowest BCUT2D eigenvalue weighted by Gasteiger charge is -2.18. The van der Waals surface area contributed by atoms with Gasteiger partial charge in [0, 0.05) is 12.8 Å². The minimum Gasteiger partial charge on any atom is -0.0617 e. The zero-order valence-corrected chi connectivity index (χ0v) is 25.5. The summed E-state index contributed by atoms with van der Waals surface area (Å²) in [6.45, 7) is 4.58. The molecule has 0 saturated carbocycles. The van der Waals surface area contributed by atoms with Gasteiger partial charge in [0.1, 0.15) is 0 Å². The fraction of sp³-hybridized carbons (Fsp3) is 0.136. The third-order valence-electron chi connectivity index (χ3n) is 9.71. The maximum Gasteiger partial charge on any atom is 0.0170 e. The fourth-order valence-electron chi connectivity index (χ4n) is 7.68. The third kappa shape index (κ3) is 4.36. The van der Waals surface area contributed by atoms with Crippen LogP contribution in [0.15, 0.2) is 132 Å². The number of rotatable bonds is 7. The lowest BCUT2D eigenvalue weighted by molar-refractivity contribution is 0.951. The van der Waals surface area contributed by atoms with Crippen LogP contribution in [-0.2, 0) is 12.8 Å². The van der Waals surface area contributed by atoms with Gasteiger partial charge in [0.15, 0.2) is 0 Å². The van der Waals surface area contributed by atoms with Crippen molar-refractivity contribution in [2.75, 3.05) is 0 Å². The highest BCUT2D eigenvalue weighted by Crippen LogP contribution is 2.46. The van der Waals surface area contributed by atoms with Gasteiger partial charge >= 0.3 is 0 Å². The van der Waals surface area contributed by atoms with E-state index in [4.69, 9.17) is 0 Å². The molecule has 212 valence electrons. The van der Waals surface area contributed by atoms with E-state index in [1.54, 1.807) is 0 Å². The van der Waals surface area contributed by atoms with Crippen molar-refractivity contribution in [3.05, 3.63) is 190 Å². The molecule has 44 heavy (non-hydrogen) atoms. The lowest BCUT2D eigenvalue weighted by atomic mass is 9.86. The van der Waals surface area contributed by atoms with Gasteiger partial charge in [0.25, 0.3) is 0 Å². The minimum atomic E-state index is 1.00. The van der Waals surface area contributed by atoms with Crippen LogP contribution >= 0.6 is 0 Å². The largest absolute Gasteiger partial charge is 0.0617 e. The lowest BCUT2D eigenvalue weighted by Crippen LogP contribution is -2.02. The van der Waals surface area contributed by atoms with Crippen LogP contribution in [0.3, 0.4) is 0 Å². The summed E-state index contributed by atoms with van der Waals surface area (Å²) >= 11 is 0. The quantitative estimate of drug-likeness (QED) is 0.181. The number of benzene rings is 6. The molecule has 2 aliphatic rings. The molecule has 0 bridgehead atoms. The van der Waals surface area contributed by atoms with E-state index in [1.807, 2.05) is 0 Å². The molecule has 0 amide bonds. The van der Waals surface area contributed by atoms with Crippen molar-refractivity contribution in [2.24, 2.45) is 0 Å². The van der Waals surface area contributed by atoms with E-state index in [2.05, 4.69) is 148 Å². The molecule has 2 radical (unpaired) electrons. The standard InChI is InChI=1S/C44H36/c1-3-29-27-35-19-9-17-33(41(35)43(29)39-23-11-15-31-13-5-7-21-37(31)39)25-26-34-18-10-20-36-28-30(4-2)44(42(34)36)40-24-12-16-32-14-6-8-22-38(32)40/h5-24,27-28H,3-4,25-26H2,1-2H3. The van der Waals surface area contributed by atoms with Crippen LogP contribution in [-0.4, -0.2) is 0 Å². The van der Waals surface area contributed by atoms with Crippen LogP contribution in [0.2, 0.25) is 0 Å². The van der Waals surface area contributed by atoms with Crippen LogP contribution in [0.5, 0.6) is 0 Å². The first-order valence-electron chi connectivity index (χ1n) is 16.1. The number of allylic oxidation sites excluding steroid dienone is 2. The molecule has 0 saturated heterocycles. The number of fused-ring (bicyclic) bond motifs is 4. The van der Waals surface area contributed by atoms with Crippen molar-refractivity contribution < 1.29 is 0 Å². The molecule has 6 aromatic carbocycles. The van der Waals surface area contributed by atoms with Crippen molar-refractivity contribution in [2.45, 2.75) is 39.5 Å². The van der Waals surface area contributed by atoms with E-state index in [-0.39, 0.29) is 0 Å².